The molecule has 1 aromatic carbocycles. The quantitative estimate of drug-likeness (QED) is 0.861. The maximum absolute atomic E-state index is 5.78. The first kappa shape index (κ1) is 9.98. The van der Waals surface area contributed by atoms with Gasteiger partial charge in [-0.25, -0.2) is 0 Å². The minimum Gasteiger partial charge on any atom is -0.383 e. The molecule has 0 aliphatic carbocycles. The molecule has 1 aromatic heterocycles. The molecule has 0 radical (unpaired) electrons. The van der Waals surface area contributed by atoms with Gasteiger partial charge in [-0.15, -0.1) is 0 Å². The van der Waals surface area contributed by atoms with Crippen molar-refractivity contribution in [2.75, 3.05) is 11.9 Å². The zero-order valence-corrected chi connectivity index (χ0v) is 8.85. The van der Waals surface area contributed by atoms with Crippen molar-refractivity contribution < 1.29 is 0 Å². The number of nitrogens with one attached hydrogen (secondary N) is 1. The molecule has 0 bridgehead atoms. The van der Waals surface area contributed by atoms with E-state index in [1.54, 1.807) is 17.2 Å². The molecule has 15 heavy (non-hydrogen) atoms. The summed E-state index contributed by atoms with van der Waals surface area (Å²) in [4.78, 5) is 1.64. The Kier molecular flexibility index (Phi) is 3.19. The second kappa shape index (κ2) is 4.79. The molecule has 1 N–H and O–H groups in total. The third kappa shape index (κ3) is 2.95. The SMILES string of the molecule is Clc1ccc(NCCn2nccn2)cc1. The van der Waals surface area contributed by atoms with Crippen molar-refractivity contribution in [3.8, 4) is 0 Å². The van der Waals surface area contributed by atoms with Gasteiger partial charge < -0.3 is 5.32 Å². The van der Waals surface area contributed by atoms with Crippen molar-refractivity contribution in [2.24, 2.45) is 0 Å². The first-order valence-electron chi connectivity index (χ1n) is 4.68. The highest BCUT2D eigenvalue weighted by molar-refractivity contribution is 6.30. The number of anilines is 1. The summed E-state index contributed by atoms with van der Waals surface area (Å²) in [7, 11) is 0. The smallest absolute Gasteiger partial charge is 0.0779 e. The maximum atomic E-state index is 5.78. The Morgan fingerprint density at radius 2 is 1.80 bits per heavy atom. The van der Waals surface area contributed by atoms with Crippen LogP contribution in [0.1, 0.15) is 0 Å². The lowest BCUT2D eigenvalue weighted by molar-refractivity contribution is 0.554. The second-order valence-electron chi connectivity index (χ2n) is 3.06. The van der Waals surface area contributed by atoms with E-state index >= 15 is 0 Å². The fourth-order valence-electron chi connectivity index (χ4n) is 1.23. The molecule has 0 aliphatic heterocycles. The van der Waals surface area contributed by atoms with Gasteiger partial charge in [0.15, 0.2) is 0 Å². The van der Waals surface area contributed by atoms with Crippen LogP contribution in [0.15, 0.2) is 36.7 Å². The van der Waals surface area contributed by atoms with E-state index in [-0.39, 0.29) is 0 Å². The Bertz CT molecular complexity index is 396. The van der Waals surface area contributed by atoms with Gasteiger partial charge in [0, 0.05) is 17.3 Å². The van der Waals surface area contributed by atoms with Gasteiger partial charge in [-0.05, 0) is 24.3 Å². The number of halogens is 1. The lowest BCUT2D eigenvalue weighted by Gasteiger charge is -2.05. The Hall–Kier alpha value is -1.55. The van der Waals surface area contributed by atoms with Crippen LogP contribution in [0.25, 0.3) is 0 Å². The average Bonchev–Trinajstić information content (AvgIpc) is 2.74. The molecule has 4 nitrogen and oxygen atoms in total. The minimum atomic E-state index is 0.745. The minimum absolute atomic E-state index is 0.745. The number of benzene rings is 1. The molecule has 0 saturated carbocycles. The van der Waals surface area contributed by atoms with E-state index < -0.39 is 0 Å². The molecule has 0 aliphatic rings. The molecule has 2 aromatic rings. The van der Waals surface area contributed by atoms with Gasteiger partial charge in [0.2, 0.25) is 0 Å². The van der Waals surface area contributed by atoms with Crippen molar-refractivity contribution in [1.29, 1.82) is 0 Å². The summed E-state index contributed by atoms with van der Waals surface area (Å²) < 4.78 is 0. The van der Waals surface area contributed by atoms with Crippen molar-refractivity contribution in [3.63, 3.8) is 0 Å². The number of hydrogen-bond acceptors (Lipinski definition) is 3. The molecule has 0 fully saturated rings. The molecule has 0 unspecified atom stereocenters. The summed E-state index contributed by atoms with van der Waals surface area (Å²) in [6.07, 6.45) is 3.34. The van der Waals surface area contributed by atoms with Gasteiger partial charge in [-0.2, -0.15) is 15.0 Å². The molecular formula is C10H11ClN4. The van der Waals surface area contributed by atoms with Crippen LogP contribution in [0.2, 0.25) is 5.02 Å². The van der Waals surface area contributed by atoms with E-state index in [4.69, 9.17) is 11.6 Å². The topological polar surface area (TPSA) is 42.7 Å². The average molecular weight is 223 g/mol. The zero-order valence-electron chi connectivity index (χ0n) is 8.10. The van der Waals surface area contributed by atoms with Crippen molar-refractivity contribution in [2.45, 2.75) is 6.54 Å². The largest absolute Gasteiger partial charge is 0.383 e. The molecule has 5 heteroatoms. The summed E-state index contributed by atoms with van der Waals surface area (Å²) in [6.45, 7) is 1.53. The molecule has 78 valence electrons. The van der Waals surface area contributed by atoms with Crippen molar-refractivity contribution in [3.05, 3.63) is 41.7 Å². The van der Waals surface area contributed by atoms with Crippen LogP contribution < -0.4 is 5.32 Å². The third-order valence-corrected chi connectivity index (χ3v) is 2.20. The van der Waals surface area contributed by atoms with Crippen LogP contribution in [-0.2, 0) is 6.54 Å². The predicted molar refractivity (Wildman–Crippen MR) is 60.0 cm³/mol. The molecule has 0 saturated heterocycles. The number of nitrogens with zero attached hydrogens (tertiary/aromatic N) is 3. The van der Waals surface area contributed by atoms with Gasteiger partial charge in [0.05, 0.1) is 18.9 Å². The summed E-state index contributed by atoms with van der Waals surface area (Å²) in [6, 6.07) is 7.60. The molecule has 0 amide bonds. The third-order valence-electron chi connectivity index (χ3n) is 1.95. The van der Waals surface area contributed by atoms with Crippen LogP contribution in [0.5, 0.6) is 0 Å². The summed E-state index contributed by atoms with van der Waals surface area (Å²) in [5.74, 6) is 0. The van der Waals surface area contributed by atoms with Gasteiger partial charge in [0.1, 0.15) is 0 Å². The maximum Gasteiger partial charge on any atom is 0.0779 e. The first-order valence-corrected chi connectivity index (χ1v) is 5.06. The van der Waals surface area contributed by atoms with Gasteiger partial charge >= 0.3 is 0 Å². The Balaban J connectivity index is 1.81. The molecule has 2 rings (SSSR count). The molecule has 0 atom stereocenters. The lowest BCUT2D eigenvalue weighted by Crippen LogP contribution is -2.12. The highest BCUT2D eigenvalue weighted by Gasteiger charge is 1.93. The van der Waals surface area contributed by atoms with Crippen molar-refractivity contribution >= 4 is 17.3 Å². The van der Waals surface area contributed by atoms with E-state index in [9.17, 15) is 0 Å². The number of hydrogen-bond donors (Lipinski definition) is 1. The number of aromatic nitrogens is 3. The fourth-order valence-corrected chi connectivity index (χ4v) is 1.35. The predicted octanol–water partition coefficient (Wildman–Crippen LogP) is 2.04. The molecule has 0 spiro atoms. The van der Waals surface area contributed by atoms with E-state index in [1.807, 2.05) is 24.3 Å². The monoisotopic (exact) mass is 222 g/mol. The summed E-state index contributed by atoms with van der Waals surface area (Å²) in [5.41, 5.74) is 1.05. The Morgan fingerprint density at radius 1 is 1.13 bits per heavy atom. The van der Waals surface area contributed by atoms with Gasteiger partial charge in [-0.1, -0.05) is 11.6 Å². The first-order chi connectivity index (χ1) is 7.34. The summed E-state index contributed by atoms with van der Waals surface area (Å²) >= 11 is 5.78. The normalized spacial score (nSPS) is 10.2. The Morgan fingerprint density at radius 3 is 2.47 bits per heavy atom. The highest BCUT2D eigenvalue weighted by Crippen LogP contribution is 2.12. The molecular weight excluding hydrogens is 212 g/mol. The second-order valence-corrected chi connectivity index (χ2v) is 3.50. The van der Waals surface area contributed by atoms with Crippen LogP contribution in [0, 0.1) is 0 Å². The Labute approximate surface area is 92.9 Å². The van der Waals surface area contributed by atoms with Gasteiger partial charge in [0.25, 0.3) is 0 Å². The number of rotatable bonds is 4. The lowest BCUT2D eigenvalue weighted by atomic mass is 10.3. The van der Waals surface area contributed by atoms with Crippen LogP contribution >= 0.6 is 11.6 Å². The van der Waals surface area contributed by atoms with E-state index in [2.05, 4.69) is 15.5 Å². The zero-order chi connectivity index (χ0) is 10.5. The van der Waals surface area contributed by atoms with E-state index in [0.717, 1.165) is 23.8 Å². The highest BCUT2D eigenvalue weighted by atomic mass is 35.5. The van der Waals surface area contributed by atoms with Gasteiger partial charge in [-0.3, -0.25) is 0 Å². The summed E-state index contributed by atoms with van der Waals surface area (Å²) in [5, 5.41) is 12.0. The van der Waals surface area contributed by atoms with Crippen molar-refractivity contribution in [1.82, 2.24) is 15.0 Å². The van der Waals surface area contributed by atoms with Crippen LogP contribution in [0.3, 0.4) is 0 Å². The van der Waals surface area contributed by atoms with E-state index in [0.29, 0.717) is 0 Å². The van der Waals surface area contributed by atoms with E-state index in [1.165, 1.54) is 0 Å². The van der Waals surface area contributed by atoms with Crippen LogP contribution in [-0.4, -0.2) is 21.5 Å². The standard InChI is InChI=1S/C10H11ClN4/c11-9-1-3-10(4-2-9)12-7-8-15-13-5-6-14-15/h1-6,12H,7-8H2. The van der Waals surface area contributed by atoms with Crippen LogP contribution in [0.4, 0.5) is 5.69 Å². The fraction of sp³-hybridized carbons (Fsp3) is 0.200. The molecule has 1 heterocycles.